The Labute approximate surface area is 86.9 Å². The van der Waals surface area contributed by atoms with Crippen LogP contribution in [0.2, 0.25) is 0 Å². The lowest BCUT2D eigenvalue weighted by atomic mass is 10.0. The fourth-order valence-corrected chi connectivity index (χ4v) is 1.99. The molecule has 82 valence electrons. The van der Waals surface area contributed by atoms with E-state index in [0.29, 0.717) is 11.9 Å². The number of nitrogens with zero attached hydrogens (tertiary/aromatic N) is 1. The molecule has 1 aliphatic rings. The number of carbonyl (C=O) groups excluding carboxylic acids is 1. The summed E-state index contributed by atoms with van der Waals surface area (Å²) in [6, 6.07) is 0.465. The highest BCUT2D eigenvalue weighted by Gasteiger charge is 2.29. The molecule has 0 radical (unpaired) electrons. The maximum atomic E-state index is 12.0. The highest BCUT2D eigenvalue weighted by atomic mass is 16.2. The largest absolute Gasteiger partial charge is 0.339 e. The smallest absolute Gasteiger partial charge is 0.239 e. The molecule has 1 amide bonds. The molecule has 0 bridgehead atoms. The van der Waals surface area contributed by atoms with Crippen LogP contribution in [-0.2, 0) is 4.79 Å². The molecule has 0 aromatic rings. The van der Waals surface area contributed by atoms with Crippen LogP contribution in [0.25, 0.3) is 0 Å². The van der Waals surface area contributed by atoms with Gasteiger partial charge in [-0.15, -0.1) is 0 Å². The van der Waals surface area contributed by atoms with E-state index in [1.165, 1.54) is 0 Å². The maximum absolute atomic E-state index is 12.0. The quantitative estimate of drug-likeness (QED) is 0.740. The van der Waals surface area contributed by atoms with Crippen molar-refractivity contribution >= 4 is 5.91 Å². The fraction of sp³-hybridized carbons (Fsp3) is 0.909. The van der Waals surface area contributed by atoms with Crippen molar-refractivity contribution in [3.63, 3.8) is 0 Å². The van der Waals surface area contributed by atoms with Gasteiger partial charge in [0, 0.05) is 12.6 Å². The molecule has 1 saturated heterocycles. The van der Waals surface area contributed by atoms with Crippen LogP contribution in [0.15, 0.2) is 0 Å². The van der Waals surface area contributed by atoms with Gasteiger partial charge in [-0.25, -0.2) is 0 Å². The molecule has 1 rings (SSSR count). The number of amides is 1. The zero-order chi connectivity index (χ0) is 10.6. The summed E-state index contributed by atoms with van der Waals surface area (Å²) in [5.41, 5.74) is 0. The Morgan fingerprint density at radius 1 is 1.57 bits per heavy atom. The minimum atomic E-state index is 0.0720. The van der Waals surface area contributed by atoms with Crippen molar-refractivity contribution in [1.82, 2.24) is 10.2 Å². The van der Waals surface area contributed by atoms with Crippen LogP contribution >= 0.6 is 0 Å². The Morgan fingerprint density at radius 3 is 2.86 bits per heavy atom. The van der Waals surface area contributed by atoms with Crippen LogP contribution in [0.4, 0.5) is 0 Å². The number of piperidine rings is 1. The van der Waals surface area contributed by atoms with E-state index in [9.17, 15) is 4.79 Å². The molecule has 1 aliphatic heterocycles. The van der Waals surface area contributed by atoms with Crippen molar-refractivity contribution in [2.75, 3.05) is 13.1 Å². The van der Waals surface area contributed by atoms with Crippen LogP contribution in [0.3, 0.4) is 0 Å². The van der Waals surface area contributed by atoms with E-state index in [2.05, 4.69) is 26.1 Å². The van der Waals surface area contributed by atoms with Crippen molar-refractivity contribution in [3.8, 4) is 0 Å². The minimum Gasteiger partial charge on any atom is -0.339 e. The first kappa shape index (κ1) is 11.5. The fourth-order valence-electron chi connectivity index (χ4n) is 1.99. The molecule has 1 N–H and O–H groups in total. The molecule has 0 aliphatic carbocycles. The minimum absolute atomic E-state index is 0.0720. The second-order valence-electron chi connectivity index (χ2n) is 4.04. The number of hydrogen-bond acceptors (Lipinski definition) is 2. The lowest BCUT2D eigenvalue weighted by Crippen LogP contribution is -2.53. The molecule has 0 saturated carbocycles. The summed E-state index contributed by atoms with van der Waals surface area (Å²) in [5, 5.41) is 3.25. The lowest BCUT2D eigenvalue weighted by Gasteiger charge is -2.36. The molecular weight excluding hydrogens is 176 g/mol. The van der Waals surface area contributed by atoms with Gasteiger partial charge in [0.05, 0.1) is 6.04 Å². The number of carbonyl (C=O) groups is 1. The van der Waals surface area contributed by atoms with E-state index < -0.39 is 0 Å². The molecule has 0 aromatic heterocycles. The topological polar surface area (TPSA) is 32.3 Å². The highest BCUT2D eigenvalue weighted by molar-refractivity contribution is 5.82. The first-order valence-corrected chi connectivity index (χ1v) is 5.74. The van der Waals surface area contributed by atoms with Gasteiger partial charge in [-0.1, -0.05) is 13.8 Å². The molecule has 1 fully saturated rings. The highest BCUT2D eigenvalue weighted by Crippen LogP contribution is 2.15. The lowest BCUT2D eigenvalue weighted by molar-refractivity contribution is -0.138. The molecule has 0 spiro atoms. The van der Waals surface area contributed by atoms with E-state index in [1.54, 1.807) is 0 Å². The summed E-state index contributed by atoms with van der Waals surface area (Å²) >= 11 is 0. The van der Waals surface area contributed by atoms with E-state index in [1.807, 2.05) is 4.90 Å². The van der Waals surface area contributed by atoms with Crippen molar-refractivity contribution in [1.29, 1.82) is 0 Å². The van der Waals surface area contributed by atoms with Crippen molar-refractivity contribution in [2.45, 2.75) is 52.1 Å². The first-order chi connectivity index (χ1) is 6.70. The monoisotopic (exact) mass is 198 g/mol. The van der Waals surface area contributed by atoms with Gasteiger partial charge >= 0.3 is 0 Å². The maximum Gasteiger partial charge on any atom is 0.239 e. The van der Waals surface area contributed by atoms with E-state index in [-0.39, 0.29) is 6.04 Å². The van der Waals surface area contributed by atoms with E-state index in [4.69, 9.17) is 0 Å². The van der Waals surface area contributed by atoms with Gasteiger partial charge in [0.1, 0.15) is 0 Å². The Morgan fingerprint density at radius 2 is 2.29 bits per heavy atom. The number of likely N-dealkylation sites (tertiary alicyclic amines) is 1. The van der Waals surface area contributed by atoms with Crippen molar-refractivity contribution < 1.29 is 4.79 Å². The Hall–Kier alpha value is -0.570. The normalized spacial score (nSPS) is 25.2. The zero-order valence-corrected chi connectivity index (χ0v) is 9.55. The number of rotatable bonds is 4. The first-order valence-electron chi connectivity index (χ1n) is 5.74. The van der Waals surface area contributed by atoms with Crippen LogP contribution < -0.4 is 5.32 Å². The predicted octanol–water partition coefficient (Wildman–Crippen LogP) is 1.39. The van der Waals surface area contributed by atoms with Crippen molar-refractivity contribution in [2.24, 2.45) is 0 Å². The van der Waals surface area contributed by atoms with E-state index >= 15 is 0 Å². The second kappa shape index (κ2) is 5.35. The Kier molecular flexibility index (Phi) is 4.39. The summed E-state index contributed by atoms with van der Waals surface area (Å²) in [7, 11) is 0. The molecule has 1 heterocycles. The van der Waals surface area contributed by atoms with Crippen LogP contribution in [0.5, 0.6) is 0 Å². The van der Waals surface area contributed by atoms with Crippen LogP contribution in [0.1, 0.15) is 40.0 Å². The summed E-state index contributed by atoms with van der Waals surface area (Å²) in [6.45, 7) is 8.14. The molecular formula is C11H22N2O. The van der Waals surface area contributed by atoms with Gasteiger partial charge in [-0.3, -0.25) is 4.79 Å². The van der Waals surface area contributed by atoms with Gasteiger partial charge in [-0.05, 0) is 32.7 Å². The van der Waals surface area contributed by atoms with Gasteiger partial charge in [0.25, 0.3) is 0 Å². The third-order valence-electron chi connectivity index (χ3n) is 3.05. The Bertz CT molecular complexity index is 192. The molecule has 0 aromatic carbocycles. The number of hydrogen-bond donors (Lipinski definition) is 1. The van der Waals surface area contributed by atoms with E-state index in [0.717, 1.165) is 32.4 Å². The molecule has 2 atom stereocenters. The second-order valence-corrected chi connectivity index (χ2v) is 4.04. The SMILES string of the molecule is CCNC1CCCN(C(C)CC)C1=O. The number of likely N-dealkylation sites (N-methyl/N-ethyl adjacent to an activating group) is 1. The van der Waals surface area contributed by atoms with Crippen LogP contribution in [0, 0.1) is 0 Å². The summed E-state index contributed by atoms with van der Waals surface area (Å²) in [6.07, 6.45) is 3.18. The molecule has 14 heavy (non-hydrogen) atoms. The van der Waals surface area contributed by atoms with Gasteiger partial charge < -0.3 is 10.2 Å². The summed E-state index contributed by atoms with van der Waals surface area (Å²) in [4.78, 5) is 14.0. The summed E-state index contributed by atoms with van der Waals surface area (Å²) < 4.78 is 0. The molecule has 3 heteroatoms. The van der Waals surface area contributed by atoms with Gasteiger partial charge in [0.2, 0.25) is 5.91 Å². The van der Waals surface area contributed by atoms with Gasteiger partial charge in [-0.2, -0.15) is 0 Å². The molecule has 2 unspecified atom stereocenters. The standard InChI is InChI=1S/C11H22N2O/c1-4-9(3)13-8-6-7-10(11(13)14)12-5-2/h9-10,12H,4-8H2,1-3H3. The average molecular weight is 198 g/mol. The molecule has 3 nitrogen and oxygen atoms in total. The average Bonchev–Trinajstić information content (AvgIpc) is 2.20. The summed E-state index contributed by atoms with van der Waals surface area (Å²) in [5.74, 6) is 0.299. The van der Waals surface area contributed by atoms with Crippen LogP contribution in [-0.4, -0.2) is 36.0 Å². The van der Waals surface area contributed by atoms with Crippen molar-refractivity contribution in [3.05, 3.63) is 0 Å². The zero-order valence-electron chi connectivity index (χ0n) is 9.55. The predicted molar refractivity (Wildman–Crippen MR) is 58.2 cm³/mol. The third-order valence-corrected chi connectivity index (χ3v) is 3.05. The Balaban J connectivity index is 2.56. The third kappa shape index (κ3) is 2.47. The number of nitrogens with one attached hydrogen (secondary N) is 1. The van der Waals surface area contributed by atoms with Gasteiger partial charge in [0.15, 0.2) is 0 Å².